The number of aliphatic carboxylic acids is 1. The van der Waals surface area contributed by atoms with Crippen LogP contribution in [0.1, 0.15) is 48.0 Å². The maximum absolute atomic E-state index is 14.5. The van der Waals surface area contributed by atoms with Gasteiger partial charge in [0.25, 0.3) is 5.91 Å². The lowest BCUT2D eigenvalue weighted by Crippen LogP contribution is -2.67. The van der Waals surface area contributed by atoms with E-state index in [1.54, 1.807) is 7.11 Å². The first-order valence-electron chi connectivity index (χ1n) is 14.6. The summed E-state index contributed by atoms with van der Waals surface area (Å²) in [6, 6.07) is 18.2. The number of amides is 1. The van der Waals surface area contributed by atoms with Crippen molar-refractivity contribution in [1.29, 1.82) is 0 Å². The molecule has 1 heterocycles. The van der Waals surface area contributed by atoms with Crippen LogP contribution in [-0.4, -0.2) is 47.1 Å². The van der Waals surface area contributed by atoms with Crippen molar-refractivity contribution in [2.45, 2.75) is 57.0 Å². The van der Waals surface area contributed by atoms with E-state index >= 15 is 0 Å². The third kappa shape index (κ3) is 5.86. The number of methoxy groups -OCH3 is 1. The highest BCUT2D eigenvalue weighted by Gasteiger charge is 2.60. The number of pyridine rings is 1. The Labute approximate surface area is 271 Å². The zero-order valence-electron chi connectivity index (χ0n) is 24.9. The van der Waals surface area contributed by atoms with Gasteiger partial charge in [-0.05, 0) is 80.6 Å². The third-order valence-corrected chi connectivity index (χ3v) is 9.71. The van der Waals surface area contributed by atoms with Crippen LogP contribution in [0.4, 0.5) is 13.2 Å². The Kier molecular flexibility index (Phi) is 8.12. The van der Waals surface area contributed by atoms with Crippen molar-refractivity contribution in [2.24, 2.45) is 5.41 Å². The van der Waals surface area contributed by atoms with Gasteiger partial charge in [-0.1, -0.05) is 40.2 Å². The SMILES string of the molecule is COc1cccc(-c2nc3ccc(Br)cc3c(C(=O)NC34CCC(C(=O)O)(CC3)CC4Oc3ccccc3OC(F)(F)F)c2C)c1. The van der Waals surface area contributed by atoms with Crippen LogP contribution in [-0.2, 0) is 4.79 Å². The van der Waals surface area contributed by atoms with Gasteiger partial charge in [0.15, 0.2) is 11.5 Å². The number of carboxylic acids is 1. The van der Waals surface area contributed by atoms with Gasteiger partial charge in [-0.2, -0.15) is 0 Å². The molecule has 0 aliphatic heterocycles. The fourth-order valence-electron chi connectivity index (χ4n) is 6.79. The van der Waals surface area contributed by atoms with E-state index in [4.69, 9.17) is 14.5 Å². The van der Waals surface area contributed by atoms with Crippen LogP contribution in [0.3, 0.4) is 0 Å². The molecule has 3 aromatic carbocycles. The number of carbonyl (C=O) groups is 2. The second kappa shape index (κ2) is 11.8. The topological polar surface area (TPSA) is 107 Å². The van der Waals surface area contributed by atoms with Crippen LogP contribution in [0.2, 0.25) is 0 Å². The molecule has 3 saturated carbocycles. The lowest BCUT2D eigenvalue weighted by atomic mass is 9.55. The number of hydrogen-bond donors (Lipinski definition) is 2. The Bertz CT molecular complexity index is 1840. The van der Waals surface area contributed by atoms with Gasteiger partial charge in [-0.3, -0.25) is 9.59 Å². The summed E-state index contributed by atoms with van der Waals surface area (Å²) in [6.07, 6.45) is -4.85. The fourth-order valence-corrected chi connectivity index (χ4v) is 7.15. The van der Waals surface area contributed by atoms with Gasteiger partial charge in [0.2, 0.25) is 0 Å². The van der Waals surface area contributed by atoms with Crippen LogP contribution in [0.5, 0.6) is 17.2 Å². The van der Waals surface area contributed by atoms with E-state index in [0.717, 1.165) is 16.1 Å². The van der Waals surface area contributed by atoms with Gasteiger partial charge < -0.3 is 24.6 Å². The third-order valence-electron chi connectivity index (χ3n) is 9.21. The molecule has 46 heavy (non-hydrogen) atoms. The molecule has 1 unspecified atom stereocenters. The minimum atomic E-state index is -4.96. The van der Waals surface area contributed by atoms with E-state index in [0.29, 0.717) is 33.5 Å². The summed E-state index contributed by atoms with van der Waals surface area (Å²) in [5.74, 6) is -1.54. The molecule has 8 nitrogen and oxygen atoms in total. The molecule has 240 valence electrons. The molecule has 12 heteroatoms. The second-order valence-corrected chi connectivity index (χ2v) is 12.8. The van der Waals surface area contributed by atoms with Gasteiger partial charge in [0, 0.05) is 21.8 Å². The summed E-state index contributed by atoms with van der Waals surface area (Å²) in [5.41, 5.74) is 0.708. The molecule has 2 N–H and O–H groups in total. The van der Waals surface area contributed by atoms with Crippen molar-refractivity contribution < 1.29 is 42.1 Å². The van der Waals surface area contributed by atoms with Crippen molar-refractivity contribution >= 4 is 38.7 Å². The number of aromatic nitrogens is 1. The molecule has 0 radical (unpaired) electrons. The number of benzene rings is 3. The summed E-state index contributed by atoms with van der Waals surface area (Å²) in [7, 11) is 1.56. The predicted molar refractivity (Wildman–Crippen MR) is 167 cm³/mol. The number of rotatable bonds is 8. The van der Waals surface area contributed by atoms with E-state index in [1.165, 1.54) is 18.2 Å². The van der Waals surface area contributed by atoms with Crippen molar-refractivity contribution in [3.63, 3.8) is 0 Å². The van der Waals surface area contributed by atoms with Gasteiger partial charge >= 0.3 is 12.3 Å². The van der Waals surface area contributed by atoms with Crippen LogP contribution in [0.25, 0.3) is 22.2 Å². The molecule has 1 atom stereocenters. The molecule has 0 saturated heterocycles. The maximum atomic E-state index is 14.5. The Balaban J connectivity index is 1.42. The number of carbonyl (C=O) groups excluding carboxylic acids is 1. The Morgan fingerprint density at radius 1 is 1.00 bits per heavy atom. The van der Waals surface area contributed by atoms with E-state index in [2.05, 4.69) is 26.0 Å². The minimum absolute atomic E-state index is 0.000349. The molecule has 4 aromatic rings. The first kappa shape index (κ1) is 31.7. The highest BCUT2D eigenvalue weighted by Crippen LogP contribution is 2.54. The van der Waals surface area contributed by atoms with Crippen molar-refractivity contribution in [2.75, 3.05) is 7.11 Å². The fraction of sp³-hybridized carbons (Fsp3) is 0.324. The van der Waals surface area contributed by atoms with Gasteiger partial charge in [-0.15, -0.1) is 13.2 Å². The van der Waals surface area contributed by atoms with Gasteiger partial charge in [0.05, 0.1) is 34.8 Å². The smallest absolute Gasteiger partial charge is 0.497 e. The molecule has 1 aromatic heterocycles. The van der Waals surface area contributed by atoms with E-state index in [-0.39, 0.29) is 37.9 Å². The number of nitrogens with one attached hydrogen (secondary N) is 1. The zero-order chi connectivity index (χ0) is 32.9. The average Bonchev–Trinajstić information content (AvgIpc) is 3.01. The molecule has 3 aliphatic rings. The summed E-state index contributed by atoms with van der Waals surface area (Å²) >= 11 is 3.50. The second-order valence-electron chi connectivity index (χ2n) is 11.9. The highest BCUT2D eigenvalue weighted by atomic mass is 79.9. The van der Waals surface area contributed by atoms with Crippen molar-refractivity contribution in [3.05, 3.63) is 82.3 Å². The molecule has 3 aliphatic carbocycles. The molecule has 1 amide bonds. The van der Waals surface area contributed by atoms with Gasteiger partial charge in [-0.25, -0.2) is 4.98 Å². The summed E-state index contributed by atoms with van der Waals surface area (Å²) in [5, 5.41) is 14.0. The maximum Gasteiger partial charge on any atom is 0.573 e. The largest absolute Gasteiger partial charge is 0.573 e. The monoisotopic (exact) mass is 698 g/mol. The lowest BCUT2D eigenvalue weighted by Gasteiger charge is -2.55. The number of hydrogen-bond acceptors (Lipinski definition) is 6. The number of fused-ring (bicyclic) bond motifs is 4. The first-order chi connectivity index (χ1) is 21.8. The number of alkyl halides is 3. The van der Waals surface area contributed by atoms with E-state index in [1.807, 2.05) is 49.4 Å². The number of nitrogens with zero attached hydrogens (tertiary/aromatic N) is 1. The number of para-hydroxylation sites is 2. The number of ether oxygens (including phenoxy) is 3. The van der Waals surface area contributed by atoms with Crippen LogP contribution >= 0.6 is 15.9 Å². The van der Waals surface area contributed by atoms with E-state index < -0.39 is 41.0 Å². The molecule has 7 rings (SSSR count). The normalized spacial score (nSPS) is 22.3. The first-order valence-corrected chi connectivity index (χ1v) is 15.4. The Hall–Kier alpha value is -4.32. The lowest BCUT2D eigenvalue weighted by molar-refractivity contribution is -0.275. The summed E-state index contributed by atoms with van der Waals surface area (Å²) < 4.78 is 56.2. The molecule has 3 fully saturated rings. The number of carboxylic acid groups (broad SMARTS) is 1. The summed E-state index contributed by atoms with van der Waals surface area (Å²) in [4.78, 5) is 31.8. The molecular formula is C34H30BrF3N2O6. The van der Waals surface area contributed by atoms with Crippen LogP contribution < -0.4 is 19.5 Å². The molecule has 0 spiro atoms. The van der Waals surface area contributed by atoms with Crippen molar-refractivity contribution in [3.8, 4) is 28.5 Å². The molecular weight excluding hydrogens is 669 g/mol. The van der Waals surface area contributed by atoms with Crippen molar-refractivity contribution in [1.82, 2.24) is 10.3 Å². The van der Waals surface area contributed by atoms with Crippen LogP contribution in [0.15, 0.2) is 71.2 Å². The Morgan fingerprint density at radius 3 is 2.39 bits per heavy atom. The standard InChI is InChI=1S/C34H30BrF3N2O6/c1-19-28(23-17-21(35)10-11-24(23)39-29(19)20-6-5-7-22(16-20)44-2)30(41)40-33-14-12-32(13-15-33,31(42)43)18-27(33)45-25-8-3-4-9-26(25)46-34(36,37)38/h3-11,16-17,27H,12-15,18H2,1-2H3,(H,40,41)(H,42,43). The quantitative estimate of drug-likeness (QED) is 0.193. The highest BCUT2D eigenvalue weighted by molar-refractivity contribution is 9.10. The predicted octanol–water partition coefficient (Wildman–Crippen LogP) is 7.84. The van der Waals surface area contributed by atoms with E-state index in [9.17, 15) is 27.9 Å². The van der Waals surface area contributed by atoms with Gasteiger partial charge in [0.1, 0.15) is 11.9 Å². The minimum Gasteiger partial charge on any atom is -0.497 e. The number of halogens is 4. The Morgan fingerprint density at radius 2 is 1.72 bits per heavy atom. The van der Waals surface area contributed by atoms with Crippen LogP contribution in [0, 0.1) is 12.3 Å². The average molecular weight is 700 g/mol. The summed E-state index contributed by atoms with van der Waals surface area (Å²) in [6.45, 7) is 1.81. The zero-order valence-corrected chi connectivity index (χ0v) is 26.5. The molecule has 2 bridgehead atoms.